The predicted molar refractivity (Wildman–Crippen MR) is 96.9 cm³/mol. The van der Waals surface area contributed by atoms with Gasteiger partial charge in [0, 0.05) is 36.3 Å². The highest BCUT2D eigenvalue weighted by molar-refractivity contribution is 7.09. The van der Waals surface area contributed by atoms with Crippen LogP contribution in [0.25, 0.3) is 5.82 Å². The minimum Gasteiger partial charge on any atom is -0.352 e. The Bertz CT molecular complexity index is 887. The first-order chi connectivity index (χ1) is 12.2. The van der Waals surface area contributed by atoms with Gasteiger partial charge >= 0.3 is 0 Å². The molecule has 0 fully saturated rings. The Morgan fingerprint density at radius 2 is 2.24 bits per heavy atom. The van der Waals surface area contributed by atoms with Gasteiger partial charge in [0.05, 0.1) is 17.5 Å². The molecule has 3 aromatic rings. The van der Waals surface area contributed by atoms with Crippen LogP contribution in [0.4, 0.5) is 0 Å². The second kappa shape index (κ2) is 6.78. The van der Waals surface area contributed by atoms with Crippen LogP contribution in [-0.2, 0) is 19.5 Å². The van der Waals surface area contributed by atoms with Crippen molar-refractivity contribution in [2.24, 2.45) is 0 Å². The number of nitrogens with one attached hydrogen (secondary N) is 1. The summed E-state index contributed by atoms with van der Waals surface area (Å²) in [7, 11) is 2.04. The summed E-state index contributed by atoms with van der Waals surface area (Å²) in [6.07, 6.45) is 4.25. The fraction of sp³-hybridized carbons (Fsp3) is 0.278. The van der Waals surface area contributed by atoms with Gasteiger partial charge in [0.15, 0.2) is 5.82 Å². The Morgan fingerprint density at radius 1 is 1.32 bits per heavy atom. The molecule has 0 atom stereocenters. The Balaban J connectivity index is 1.56. The third-order valence-electron chi connectivity index (χ3n) is 4.28. The molecule has 0 spiro atoms. The second-order valence-corrected chi connectivity index (χ2v) is 7.19. The Morgan fingerprint density at radius 3 is 3.08 bits per heavy atom. The molecule has 128 valence electrons. The molecule has 0 aliphatic carbocycles. The van der Waals surface area contributed by atoms with Gasteiger partial charge in [-0.15, -0.1) is 11.3 Å². The van der Waals surface area contributed by atoms with Crippen molar-refractivity contribution in [1.29, 1.82) is 0 Å². The standard InChI is InChI=1S/C18H19N5OS/c1-22-11-13-4-2-7-19-17(13)23-16(12-22)15(10-21-23)18(24)20-8-6-14-5-3-9-25-14/h2-5,7,9-10H,6,8,11-12H2,1H3,(H,20,24). The molecule has 0 radical (unpaired) electrons. The number of nitrogens with zero attached hydrogens (tertiary/aromatic N) is 4. The molecular formula is C18H19N5OS. The molecular weight excluding hydrogens is 334 g/mol. The normalized spacial score (nSPS) is 13.8. The quantitative estimate of drug-likeness (QED) is 0.781. The zero-order chi connectivity index (χ0) is 17.2. The summed E-state index contributed by atoms with van der Waals surface area (Å²) in [6.45, 7) is 2.06. The van der Waals surface area contributed by atoms with Crippen molar-refractivity contribution < 1.29 is 4.79 Å². The van der Waals surface area contributed by atoms with Gasteiger partial charge in [0.1, 0.15) is 0 Å². The van der Waals surface area contributed by atoms with E-state index in [1.54, 1.807) is 28.4 Å². The van der Waals surface area contributed by atoms with Gasteiger partial charge in [0.2, 0.25) is 0 Å². The molecule has 4 rings (SSSR count). The lowest BCUT2D eigenvalue weighted by Gasteiger charge is -2.13. The van der Waals surface area contributed by atoms with Crippen LogP contribution in [0.15, 0.2) is 42.0 Å². The fourth-order valence-electron chi connectivity index (χ4n) is 3.09. The van der Waals surface area contributed by atoms with Crippen LogP contribution in [0.1, 0.15) is 26.5 Å². The molecule has 4 heterocycles. The number of pyridine rings is 1. The van der Waals surface area contributed by atoms with E-state index in [2.05, 4.69) is 37.8 Å². The van der Waals surface area contributed by atoms with Crippen LogP contribution in [0.2, 0.25) is 0 Å². The number of rotatable bonds is 4. The van der Waals surface area contributed by atoms with Gasteiger partial charge in [0.25, 0.3) is 5.91 Å². The number of amides is 1. The van der Waals surface area contributed by atoms with Crippen LogP contribution >= 0.6 is 11.3 Å². The monoisotopic (exact) mass is 353 g/mol. The molecule has 0 unspecified atom stereocenters. The van der Waals surface area contributed by atoms with Crippen molar-refractivity contribution in [3.63, 3.8) is 0 Å². The molecule has 1 aliphatic rings. The van der Waals surface area contributed by atoms with E-state index in [0.29, 0.717) is 18.7 Å². The largest absolute Gasteiger partial charge is 0.352 e. The van der Waals surface area contributed by atoms with Crippen LogP contribution in [0.3, 0.4) is 0 Å². The van der Waals surface area contributed by atoms with E-state index in [9.17, 15) is 4.79 Å². The van der Waals surface area contributed by atoms with E-state index in [-0.39, 0.29) is 5.91 Å². The molecule has 25 heavy (non-hydrogen) atoms. The molecule has 0 aromatic carbocycles. The van der Waals surface area contributed by atoms with E-state index in [1.165, 1.54) is 4.88 Å². The lowest BCUT2D eigenvalue weighted by atomic mass is 10.2. The average molecular weight is 353 g/mol. The molecule has 0 saturated carbocycles. The molecule has 7 heteroatoms. The Hall–Kier alpha value is -2.51. The van der Waals surface area contributed by atoms with E-state index in [1.807, 2.05) is 19.2 Å². The minimum absolute atomic E-state index is 0.0782. The Kier molecular flexibility index (Phi) is 4.33. The molecule has 1 amide bonds. The molecule has 0 bridgehead atoms. The van der Waals surface area contributed by atoms with Crippen molar-refractivity contribution in [3.8, 4) is 5.82 Å². The number of aromatic nitrogens is 3. The van der Waals surface area contributed by atoms with Crippen molar-refractivity contribution in [3.05, 3.63) is 63.7 Å². The van der Waals surface area contributed by atoms with E-state index in [0.717, 1.165) is 30.0 Å². The van der Waals surface area contributed by atoms with Crippen LogP contribution in [0.5, 0.6) is 0 Å². The van der Waals surface area contributed by atoms with Gasteiger partial charge < -0.3 is 5.32 Å². The molecule has 1 aliphatic heterocycles. The molecule has 1 N–H and O–H groups in total. The highest BCUT2D eigenvalue weighted by atomic mass is 32.1. The average Bonchev–Trinajstić information content (AvgIpc) is 3.23. The highest BCUT2D eigenvalue weighted by Crippen LogP contribution is 2.23. The lowest BCUT2D eigenvalue weighted by molar-refractivity contribution is 0.0952. The SMILES string of the molecule is CN1Cc2cccnc2-n2ncc(C(=O)NCCc3cccs3)c2C1. The lowest BCUT2D eigenvalue weighted by Crippen LogP contribution is -2.27. The van der Waals surface area contributed by atoms with Crippen molar-refractivity contribution >= 4 is 17.2 Å². The van der Waals surface area contributed by atoms with Crippen molar-refractivity contribution in [2.75, 3.05) is 13.6 Å². The summed E-state index contributed by atoms with van der Waals surface area (Å²) >= 11 is 1.71. The predicted octanol–water partition coefficient (Wildman–Crippen LogP) is 2.25. The van der Waals surface area contributed by atoms with Gasteiger partial charge in [-0.1, -0.05) is 12.1 Å². The summed E-state index contributed by atoms with van der Waals surface area (Å²) in [5.74, 6) is 0.727. The number of thiophene rings is 1. The first-order valence-electron chi connectivity index (χ1n) is 8.22. The Labute approximate surface area is 150 Å². The van der Waals surface area contributed by atoms with Crippen LogP contribution in [-0.4, -0.2) is 39.2 Å². The van der Waals surface area contributed by atoms with E-state index in [4.69, 9.17) is 0 Å². The summed E-state index contributed by atoms with van der Waals surface area (Å²) in [5, 5.41) is 9.50. The number of hydrogen-bond acceptors (Lipinski definition) is 5. The van der Waals surface area contributed by atoms with Gasteiger partial charge in [-0.05, 0) is 31.0 Å². The van der Waals surface area contributed by atoms with Crippen LogP contribution in [0, 0.1) is 0 Å². The highest BCUT2D eigenvalue weighted by Gasteiger charge is 2.24. The number of carbonyl (C=O) groups is 1. The minimum atomic E-state index is -0.0782. The third-order valence-corrected chi connectivity index (χ3v) is 5.21. The maximum atomic E-state index is 12.6. The second-order valence-electron chi connectivity index (χ2n) is 6.16. The first-order valence-corrected chi connectivity index (χ1v) is 9.10. The zero-order valence-electron chi connectivity index (χ0n) is 14.0. The van der Waals surface area contributed by atoms with Gasteiger partial charge in [-0.25, -0.2) is 9.67 Å². The van der Waals surface area contributed by atoms with Gasteiger partial charge in [-0.2, -0.15) is 5.10 Å². The summed E-state index contributed by atoms with van der Waals surface area (Å²) in [4.78, 5) is 20.5. The maximum absolute atomic E-state index is 12.6. The van der Waals surface area contributed by atoms with Crippen molar-refractivity contribution in [1.82, 2.24) is 25.0 Å². The summed E-state index contributed by atoms with van der Waals surface area (Å²) in [6, 6.07) is 8.09. The van der Waals surface area contributed by atoms with Crippen molar-refractivity contribution in [2.45, 2.75) is 19.5 Å². The number of fused-ring (bicyclic) bond motifs is 3. The maximum Gasteiger partial charge on any atom is 0.254 e. The van der Waals surface area contributed by atoms with E-state index < -0.39 is 0 Å². The van der Waals surface area contributed by atoms with Crippen LogP contribution < -0.4 is 5.32 Å². The molecule has 0 saturated heterocycles. The number of carbonyl (C=O) groups excluding carboxylic acids is 1. The summed E-state index contributed by atoms with van der Waals surface area (Å²) in [5.41, 5.74) is 2.61. The molecule has 3 aromatic heterocycles. The zero-order valence-corrected chi connectivity index (χ0v) is 14.8. The molecule has 6 nitrogen and oxygen atoms in total. The first kappa shape index (κ1) is 16.0. The number of hydrogen-bond donors (Lipinski definition) is 1. The smallest absolute Gasteiger partial charge is 0.254 e. The van der Waals surface area contributed by atoms with E-state index >= 15 is 0 Å². The summed E-state index contributed by atoms with van der Waals surface area (Å²) < 4.78 is 1.80. The fourth-order valence-corrected chi connectivity index (χ4v) is 3.80. The third kappa shape index (κ3) is 3.20. The van der Waals surface area contributed by atoms with Gasteiger partial charge in [-0.3, -0.25) is 9.69 Å². The topological polar surface area (TPSA) is 63.1 Å².